The van der Waals surface area contributed by atoms with E-state index in [0.717, 1.165) is 28.6 Å². The van der Waals surface area contributed by atoms with Gasteiger partial charge >= 0.3 is 0 Å². The minimum atomic E-state index is -0.266. The monoisotopic (exact) mass is 320 g/mol. The van der Waals surface area contributed by atoms with E-state index in [4.69, 9.17) is 0 Å². The van der Waals surface area contributed by atoms with Crippen molar-refractivity contribution in [1.82, 2.24) is 4.98 Å². The number of pyridine rings is 1. The maximum absolute atomic E-state index is 10.1. The van der Waals surface area contributed by atoms with E-state index in [1.165, 1.54) is 5.39 Å². The van der Waals surface area contributed by atoms with Crippen LogP contribution in [0, 0.1) is 5.92 Å². The number of nitrogens with zero attached hydrogens (tertiary/aromatic N) is 2. The van der Waals surface area contributed by atoms with Gasteiger partial charge in [0.05, 0.1) is 6.10 Å². The molecule has 0 radical (unpaired) electrons. The van der Waals surface area contributed by atoms with E-state index in [1.807, 2.05) is 24.4 Å². The van der Waals surface area contributed by atoms with Gasteiger partial charge in [-0.1, -0.05) is 35.0 Å². The first-order valence-corrected chi connectivity index (χ1v) is 7.42. The van der Waals surface area contributed by atoms with Gasteiger partial charge in [0, 0.05) is 34.5 Å². The molecule has 3 rings (SSSR count). The van der Waals surface area contributed by atoms with E-state index in [-0.39, 0.29) is 6.10 Å². The Kier molecular flexibility index (Phi) is 3.46. The molecular formula is C15H17BrN2O. The fourth-order valence-corrected chi connectivity index (χ4v) is 3.14. The van der Waals surface area contributed by atoms with Crippen LogP contribution in [0.25, 0.3) is 10.8 Å². The molecule has 0 bridgehead atoms. The summed E-state index contributed by atoms with van der Waals surface area (Å²) < 4.78 is 1.08. The summed E-state index contributed by atoms with van der Waals surface area (Å²) in [5.41, 5.74) is 0. The molecule has 0 saturated carbocycles. The zero-order valence-electron chi connectivity index (χ0n) is 10.9. The van der Waals surface area contributed by atoms with E-state index in [0.29, 0.717) is 12.5 Å². The van der Waals surface area contributed by atoms with Gasteiger partial charge in [-0.15, -0.1) is 0 Å². The van der Waals surface area contributed by atoms with Crippen molar-refractivity contribution in [1.29, 1.82) is 0 Å². The number of β-amino-alcohol motifs (C(OH)–C–C–N with tert-alkyl or cyclic N) is 1. The van der Waals surface area contributed by atoms with Crippen molar-refractivity contribution in [3.8, 4) is 0 Å². The van der Waals surface area contributed by atoms with Crippen molar-refractivity contribution < 1.29 is 5.11 Å². The van der Waals surface area contributed by atoms with E-state index < -0.39 is 0 Å². The molecule has 1 saturated heterocycles. The van der Waals surface area contributed by atoms with Gasteiger partial charge in [0.25, 0.3) is 0 Å². The topological polar surface area (TPSA) is 36.4 Å². The van der Waals surface area contributed by atoms with Crippen LogP contribution in [0.15, 0.2) is 34.9 Å². The van der Waals surface area contributed by atoms with Crippen LogP contribution in [0.2, 0.25) is 0 Å². The van der Waals surface area contributed by atoms with E-state index in [1.54, 1.807) is 0 Å². The second-order valence-corrected chi connectivity index (χ2v) is 6.10. The average molecular weight is 321 g/mol. The lowest BCUT2D eigenvalue weighted by Gasteiger charge is -2.35. The number of aliphatic hydroxyl groups excluding tert-OH is 1. The number of hydrogen-bond acceptors (Lipinski definition) is 3. The van der Waals surface area contributed by atoms with Crippen molar-refractivity contribution in [2.24, 2.45) is 5.92 Å². The van der Waals surface area contributed by atoms with Crippen LogP contribution in [-0.2, 0) is 0 Å². The number of piperidine rings is 1. The summed E-state index contributed by atoms with van der Waals surface area (Å²) in [6, 6.07) is 8.18. The Labute approximate surface area is 121 Å². The highest BCUT2D eigenvalue weighted by Crippen LogP contribution is 2.31. The summed E-state index contributed by atoms with van der Waals surface area (Å²) in [5.74, 6) is 1.35. The van der Waals surface area contributed by atoms with Crippen LogP contribution < -0.4 is 4.90 Å². The van der Waals surface area contributed by atoms with Gasteiger partial charge in [-0.3, -0.25) is 0 Å². The van der Waals surface area contributed by atoms with Gasteiger partial charge in [-0.05, 0) is 24.5 Å². The predicted octanol–water partition coefficient (Wildman–Crippen LogP) is 3.20. The van der Waals surface area contributed by atoms with Crippen molar-refractivity contribution in [3.05, 3.63) is 34.9 Å². The van der Waals surface area contributed by atoms with Crippen LogP contribution >= 0.6 is 15.9 Å². The van der Waals surface area contributed by atoms with Gasteiger partial charge < -0.3 is 10.0 Å². The Hall–Kier alpha value is -1.13. The molecule has 3 nitrogen and oxygen atoms in total. The lowest BCUT2D eigenvalue weighted by Crippen LogP contribution is -2.43. The highest BCUT2D eigenvalue weighted by Gasteiger charge is 2.25. The molecular weight excluding hydrogens is 304 g/mol. The molecule has 2 unspecified atom stereocenters. The molecule has 4 heteroatoms. The standard InChI is InChI=1S/C15H17BrN2O/c1-10-6-8-18(9-14(10)19)15-12-3-2-4-13(16)11(12)5-7-17-15/h2-5,7,10,14,19H,6,8-9H2,1H3. The molecule has 0 aliphatic carbocycles. The molecule has 1 N–H and O–H groups in total. The Bertz CT molecular complexity index is 602. The minimum absolute atomic E-state index is 0.266. The van der Waals surface area contributed by atoms with Gasteiger partial charge in [0.15, 0.2) is 0 Å². The number of fused-ring (bicyclic) bond motifs is 1. The minimum Gasteiger partial charge on any atom is -0.391 e. The summed E-state index contributed by atoms with van der Waals surface area (Å²) in [6.07, 6.45) is 2.58. The van der Waals surface area contributed by atoms with E-state index >= 15 is 0 Å². The maximum Gasteiger partial charge on any atom is 0.136 e. The van der Waals surface area contributed by atoms with Crippen LogP contribution in [-0.4, -0.2) is 29.3 Å². The zero-order valence-corrected chi connectivity index (χ0v) is 12.5. The van der Waals surface area contributed by atoms with Crippen LogP contribution in [0.4, 0.5) is 5.82 Å². The number of aliphatic hydroxyl groups is 1. The number of rotatable bonds is 1. The first kappa shape index (κ1) is 12.9. The average Bonchev–Trinajstić information content (AvgIpc) is 2.42. The van der Waals surface area contributed by atoms with Gasteiger partial charge in [0.2, 0.25) is 0 Å². The first-order valence-electron chi connectivity index (χ1n) is 6.63. The summed E-state index contributed by atoms with van der Waals surface area (Å²) in [4.78, 5) is 6.72. The highest BCUT2D eigenvalue weighted by molar-refractivity contribution is 9.10. The Morgan fingerprint density at radius 2 is 2.16 bits per heavy atom. The third-order valence-electron chi connectivity index (χ3n) is 3.95. The highest BCUT2D eigenvalue weighted by atomic mass is 79.9. The normalized spacial score (nSPS) is 23.8. The Balaban J connectivity index is 2.04. The zero-order chi connectivity index (χ0) is 13.4. The third kappa shape index (κ3) is 2.35. The summed E-state index contributed by atoms with van der Waals surface area (Å²) >= 11 is 3.58. The number of aromatic nitrogens is 1. The van der Waals surface area contributed by atoms with Gasteiger partial charge in [0.1, 0.15) is 5.82 Å². The molecule has 1 fully saturated rings. The molecule has 100 valence electrons. The summed E-state index contributed by atoms with van der Waals surface area (Å²) in [5, 5.41) is 12.4. The fraction of sp³-hybridized carbons (Fsp3) is 0.400. The first-order chi connectivity index (χ1) is 9.16. The second-order valence-electron chi connectivity index (χ2n) is 5.25. The number of hydrogen-bond donors (Lipinski definition) is 1. The number of benzene rings is 1. The maximum atomic E-state index is 10.1. The van der Waals surface area contributed by atoms with Gasteiger partial charge in [-0.2, -0.15) is 0 Å². The third-order valence-corrected chi connectivity index (χ3v) is 4.64. The smallest absolute Gasteiger partial charge is 0.136 e. The molecule has 1 aliphatic heterocycles. The van der Waals surface area contributed by atoms with Crippen molar-refractivity contribution in [2.45, 2.75) is 19.4 Å². The predicted molar refractivity (Wildman–Crippen MR) is 81.4 cm³/mol. The van der Waals surface area contributed by atoms with E-state index in [2.05, 4.69) is 38.8 Å². The molecule has 2 heterocycles. The lowest BCUT2D eigenvalue weighted by molar-refractivity contribution is 0.103. The van der Waals surface area contributed by atoms with Crippen molar-refractivity contribution >= 4 is 32.5 Å². The lowest BCUT2D eigenvalue weighted by atomic mass is 9.96. The largest absolute Gasteiger partial charge is 0.391 e. The van der Waals surface area contributed by atoms with E-state index in [9.17, 15) is 5.11 Å². The molecule has 1 aromatic heterocycles. The number of halogens is 1. The molecule has 1 aliphatic rings. The molecule has 0 spiro atoms. The molecule has 2 atom stereocenters. The number of anilines is 1. The fourth-order valence-electron chi connectivity index (χ4n) is 2.65. The SMILES string of the molecule is CC1CCN(c2nccc3c(Br)cccc23)CC1O. The summed E-state index contributed by atoms with van der Waals surface area (Å²) in [7, 11) is 0. The Morgan fingerprint density at radius 3 is 2.95 bits per heavy atom. The molecule has 2 aromatic rings. The van der Waals surface area contributed by atoms with Crippen molar-refractivity contribution in [3.63, 3.8) is 0 Å². The van der Waals surface area contributed by atoms with Crippen LogP contribution in [0.3, 0.4) is 0 Å². The van der Waals surface area contributed by atoms with Gasteiger partial charge in [-0.25, -0.2) is 4.98 Å². The quantitative estimate of drug-likeness (QED) is 0.876. The van der Waals surface area contributed by atoms with Crippen LogP contribution in [0.5, 0.6) is 0 Å². The van der Waals surface area contributed by atoms with Crippen molar-refractivity contribution in [2.75, 3.05) is 18.0 Å². The summed E-state index contributed by atoms with van der Waals surface area (Å²) in [6.45, 7) is 3.73. The Morgan fingerprint density at radius 1 is 1.32 bits per heavy atom. The molecule has 19 heavy (non-hydrogen) atoms. The van der Waals surface area contributed by atoms with Crippen LogP contribution in [0.1, 0.15) is 13.3 Å². The molecule has 0 amide bonds. The second kappa shape index (κ2) is 5.10. The molecule has 1 aromatic carbocycles.